The maximum absolute atomic E-state index is 12.8. The number of carbonyl (C=O) groups excluding carboxylic acids is 1. The van der Waals surface area contributed by atoms with Crippen LogP contribution in [0.2, 0.25) is 0 Å². The van der Waals surface area contributed by atoms with Crippen LogP contribution in [-0.2, 0) is 11.2 Å². The van der Waals surface area contributed by atoms with Gasteiger partial charge in [0, 0.05) is 41.1 Å². The summed E-state index contributed by atoms with van der Waals surface area (Å²) in [7, 11) is 0. The van der Waals surface area contributed by atoms with Crippen LogP contribution in [0.1, 0.15) is 36.0 Å². The normalized spacial score (nSPS) is 11.1. The molecule has 0 saturated heterocycles. The number of carbonyl (C=O) groups is 1. The first kappa shape index (κ1) is 18.5. The summed E-state index contributed by atoms with van der Waals surface area (Å²) in [6.45, 7) is 8.51. The molecule has 0 aromatic carbocycles. The van der Waals surface area contributed by atoms with Crippen LogP contribution in [0.3, 0.4) is 0 Å². The predicted molar refractivity (Wildman–Crippen MR) is 105 cm³/mol. The van der Waals surface area contributed by atoms with E-state index in [9.17, 15) is 4.79 Å². The Kier molecular flexibility index (Phi) is 5.36. The summed E-state index contributed by atoms with van der Waals surface area (Å²) >= 11 is 3.37. The first-order valence-electron chi connectivity index (χ1n) is 8.65. The number of hydrogen-bond acceptors (Lipinski definition) is 4. The van der Waals surface area contributed by atoms with Crippen molar-refractivity contribution in [2.75, 3.05) is 11.4 Å². The quantitative estimate of drug-likeness (QED) is 0.635. The van der Waals surface area contributed by atoms with E-state index in [1.165, 1.54) is 0 Å². The average Bonchev–Trinajstić information content (AvgIpc) is 2.97. The lowest BCUT2D eigenvalue weighted by Crippen LogP contribution is -2.31. The summed E-state index contributed by atoms with van der Waals surface area (Å²) in [6, 6.07) is 5.71. The van der Waals surface area contributed by atoms with Gasteiger partial charge in [0.25, 0.3) is 0 Å². The molecule has 0 atom stereocenters. The number of fused-ring (bicyclic) bond motifs is 1. The Morgan fingerprint density at radius 2 is 2.04 bits per heavy atom. The maximum Gasteiger partial charge on any atom is 0.228 e. The van der Waals surface area contributed by atoms with Crippen LogP contribution in [0.5, 0.6) is 0 Å². The van der Waals surface area contributed by atoms with Crippen LogP contribution in [0.25, 0.3) is 5.65 Å². The highest BCUT2D eigenvalue weighted by Crippen LogP contribution is 2.19. The van der Waals surface area contributed by atoms with E-state index in [0.29, 0.717) is 25.2 Å². The topological polar surface area (TPSA) is 63.4 Å². The van der Waals surface area contributed by atoms with Gasteiger partial charge in [-0.1, -0.05) is 0 Å². The third kappa shape index (κ3) is 3.62. The highest BCUT2D eigenvalue weighted by Gasteiger charge is 2.17. The van der Waals surface area contributed by atoms with Gasteiger partial charge in [-0.05, 0) is 67.7 Å². The molecule has 3 aromatic rings. The molecule has 0 aliphatic heterocycles. The molecule has 0 bridgehead atoms. The number of aromatic nitrogens is 4. The van der Waals surface area contributed by atoms with Gasteiger partial charge >= 0.3 is 0 Å². The zero-order valence-electron chi connectivity index (χ0n) is 15.5. The van der Waals surface area contributed by atoms with Gasteiger partial charge in [0.05, 0.1) is 5.69 Å². The van der Waals surface area contributed by atoms with Crippen molar-refractivity contribution in [1.82, 2.24) is 19.6 Å². The monoisotopic (exact) mass is 415 g/mol. The fourth-order valence-electron chi connectivity index (χ4n) is 3.16. The first-order valence-corrected chi connectivity index (χ1v) is 9.44. The molecule has 26 heavy (non-hydrogen) atoms. The smallest absolute Gasteiger partial charge is 0.228 e. The molecule has 7 heteroatoms. The Labute approximate surface area is 161 Å². The van der Waals surface area contributed by atoms with Crippen molar-refractivity contribution in [1.29, 1.82) is 0 Å². The number of anilines is 1. The molecular formula is C19H22BrN5O. The Balaban J connectivity index is 1.80. The molecule has 3 aromatic heterocycles. The van der Waals surface area contributed by atoms with Crippen molar-refractivity contribution in [3.05, 3.63) is 51.5 Å². The number of aryl methyl sites for hydroxylation is 3. The molecule has 0 unspecified atom stereocenters. The number of nitrogens with zero attached hydrogens (tertiary/aromatic N) is 5. The average molecular weight is 416 g/mol. The second-order valence-electron chi connectivity index (χ2n) is 6.29. The van der Waals surface area contributed by atoms with Gasteiger partial charge in [-0.25, -0.2) is 14.5 Å². The summed E-state index contributed by atoms with van der Waals surface area (Å²) in [5.74, 6) is 0.725. The third-order valence-electron chi connectivity index (χ3n) is 4.48. The minimum atomic E-state index is 0.0536. The first-order chi connectivity index (χ1) is 12.4. The van der Waals surface area contributed by atoms with Gasteiger partial charge in [-0.2, -0.15) is 5.10 Å². The molecule has 0 radical (unpaired) electrons. The molecule has 6 nitrogen and oxygen atoms in total. The fraction of sp³-hybridized carbons (Fsp3) is 0.368. The number of pyridine rings is 1. The van der Waals surface area contributed by atoms with E-state index in [-0.39, 0.29) is 5.91 Å². The highest BCUT2D eigenvalue weighted by molar-refractivity contribution is 9.10. The van der Waals surface area contributed by atoms with Crippen LogP contribution in [0.4, 0.5) is 5.82 Å². The molecular weight excluding hydrogens is 394 g/mol. The number of rotatable bonds is 5. The van der Waals surface area contributed by atoms with Crippen LogP contribution < -0.4 is 4.90 Å². The molecule has 0 aliphatic rings. The second kappa shape index (κ2) is 7.53. The molecule has 1 amide bonds. The lowest BCUT2D eigenvalue weighted by molar-refractivity contribution is -0.118. The van der Waals surface area contributed by atoms with Crippen LogP contribution in [-0.4, -0.2) is 32.0 Å². The lowest BCUT2D eigenvalue weighted by atomic mass is 10.1. The summed E-state index contributed by atoms with van der Waals surface area (Å²) in [6.07, 6.45) is 2.74. The van der Waals surface area contributed by atoms with Crippen molar-refractivity contribution in [3.8, 4) is 0 Å². The summed E-state index contributed by atoms with van der Waals surface area (Å²) in [5.41, 5.74) is 4.85. The molecule has 0 saturated carbocycles. The van der Waals surface area contributed by atoms with E-state index in [4.69, 9.17) is 0 Å². The van der Waals surface area contributed by atoms with Crippen LogP contribution in [0.15, 0.2) is 28.9 Å². The van der Waals surface area contributed by atoms with Crippen molar-refractivity contribution in [2.24, 2.45) is 0 Å². The summed E-state index contributed by atoms with van der Waals surface area (Å²) < 4.78 is 2.75. The maximum atomic E-state index is 12.8. The van der Waals surface area contributed by atoms with Gasteiger partial charge in [0.2, 0.25) is 5.91 Å². The third-order valence-corrected chi connectivity index (χ3v) is 4.95. The largest absolute Gasteiger partial charge is 0.297 e. The van der Waals surface area contributed by atoms with Crippen molar-refractivity contribution in [3.63, 3.8) is 0 Å². The number of hydrogen-bond donors (Lipinski definition) is 0. The number of amides is 1. The summed E-state index contributed by atoms with van der Waals surface area (Å²) in [5, 5.41) is 4.49. The van der Waals surface area contributed by atoms with Crippen LogP contribution in [0, 0.1) is 20.8 Å². The van der Waals surface area contributed by atoms with E-state index in [2.05, 4.69) is 31.0 Å². The Morgan fingerprint density at radius 3 is 2.69 bits per heavy atom. The molecule has 0 fully saturated rings. The van der Waals surface area contributed by atoms with Gasteiger partial charge < -0.3 is 0 Å². The van der Waals surface area contributed by atoms with Crippen molar-refractivity contribution in [2.45, 2.75) is 40.5 Å². The van der Waals surface area contributed by atoms with Crippen molar-refractivity contribution >= 4 is 33.3 Å². The Bertz CT molecular complexity index is 949. The Hall–Kier alpha value is -2.28. The van der Waals surface area contributed by atoms with Gasteiger partial charge in [0.15, 0.2) is 5.65 Å². The minimum absolute atomic E-state index is 0.0536. The molecule has 136 valence electrons. The SMILES string of the molecule is CCN(C(=O)CCc1c(C)nc2cc(C)nn2c1C)c1ccc(Br)cn1. The number of halogens is 1. The molecule has 0 spiro atoms. The van der Waals surface area contributed by atoms with Gasteiger partial charge in [-0.15, -0.1) is 0 Å². The van der Waals surface area contributed by atoms with E-state index >= 15 is 0 Å². The standard InChI is InChI=1S/C19H22BrN5O/c1-5-24(17-8-6-15(20)11-21-17)19(26)9-7-16-13(3)22-18-10-12(2)23-25(18)14(16)4/h6,8,10-11H,5,7,9H2,1-4H3. The molecule has 3 rings (SSSR count). The van der Waals surface area contributed by atoms with E-state index in [1.54, 1.807) is 11.1 Å². The zero-order chi connectivity index (χ0) is 18.8. The van der Waals surface area contributed by atoms with Gasteiger partial charge in [0.1, 0.15) is 5.82 Å². The highest BCUT2D eigenvalue weighted by atomic mass is 79.9. The van der Waals surface area contributed by atoms with Gasteiger partial charge in [-0.3, -0.25) is 9.69 Å². The molecule has 3 heterocycles. The molecule has 0 N–H and O–H groups in total. The van der Waals surface area contributed by atoms with E-state index in [1.807, 2.05) is 50.4 Å². The van der Waals surface area contributed by atoms with Crippen molar-refractivity contribution < 1.29 is 4.79 Å². The Morgan fingerprint density at radius 1 is 1.27 bits per heavy atom. The second-order valence-corrected chi connectivity index (χ2v) is 7.21. The van der Waals surface area contributed by atoms with E-state index in [0.717, 1.165) is 32.8 Å². The summed E-state index contributed by atoms with van der Waals surface area (Å²) in [4.78, 5) is 23.4. The zero-order valence-corrected chi connectivity index (χ0v) is 17.0. The van der Waals surface area contributed by atoms with Crippen LogP contribution >= 0.6 is 15.9 Å². The van der Waals surface area contributed by atoms with E-state index < -0.39 is 0 Å². The minimum Gasteiger partial charge on any atom is -0.297 e. The fourth-order valence-corrected chi connectivity index (χ4v) is 3.40. The lowest BCUT2D eigenvalue weighted by Gasteiger charge is -2.20. The predicted octanol–water partition coefficient (Wildman–Crippen LogP) is 3.80. The molecule has 0 aliphatic carbocycles.